The van der Waals surface area contributed by atoms with Crippen molar-refractivity contribution in [1.82, 2.24) is 31.1 Å². The maximum Gasteiger partial charge on any atom is 0.408 e. The van der Waals surface area contributed by atoms with Crippen LogP contribution in [-0.4, -0.2) is 119 Å². The van der Waals surface area contributed by atoms with E-state index in [1.807, 2.05) is 105 Å². The van der Waals surface area contributed by atoms with E-state index in [1.165, 1.54) is 0 Å². The van der Waals surface area contributed by atoms with Crippen molar-refractivity contribution < 1.29 is 52.6 Å². The van der Waals surface area contributed by atoms with Gasteiger partial charge in [-0.3, -0.25) is 24.0 Å². The van der Waals surface area contributed by atoms with Gasteiger partial charge < -0.3 is 45.3 Å². The SMILES string of the molecule is CC(C)C[C@@H](NC(=O)[C@H](CC(=O)[C@@H](Cc1ccccc1)NC(=O)OC(C)(C)C)Cc1ccccc1)C(=O)C[C@H](CCCCNC(=O)OC(C)(C)C)C(=O)N1CC2(CCN(C(=O)[C@@H](C)NC(=O)OCc3ccccc3)CC2)C1. The molecule has 1 spiro atoms. The smallest absolute Gasteiger partial charge is 0.408 e. The van der Waals surface area contributed by atoms with Crippen LogP contribution in [0.15, 0.2) is 91.0 Å². The van der Waals surface area contributed by atoms with Gasteiger partial charge in [0, 0.05) is 62.8 Å². The van der Waals surface area contributed by atoms with Gasteiger partial charge in [0.25, 0.3) is 0 Å². The zero-order valence-corrected chi connectivity index (χ0v) is 46.8. The van der Waals surface area contributed by atoms with Crippen LogP contribution in [0.4, 0.5) is 14.4 Å². The van der Waals surface area contributed by atoms with E-state index >= 15 is 0 Å². The lowest BCUT2D eigenvalue weighted by atomic mass is 9.71. The first kappa shape index (κ1) is 61.1. The topological polar surface area (TPSA) is 219 Å². The van der Waals surface area contributed by atoms with Crippen molar-refractivity contribution in [3.63, 3.8) is 0 Å². The van der Waals surface area contributed by atoms with Crippen molar-refractivity contribution in [1.29, 1.82) is 0 Å². The van der Waals surface area contributed by atoms with Gasteiger partial charge in [-0.05, 0) is 116 Å². The van der Waals surface area contributed by atoms with E-state index in [0.717, 1.165) is 16.7 Å². The predicted octanol–water partition coefficient (Wildman–Crippen LogP) is 8.51. The molecule has 4 N–H and O–H groups in total. The number of unbranched alkanes of at least 4 members (excludes halogenated alkanes) is 1. The van der Waals surface area contributed by atoms with Crippen LogP contribution in [0.5, 0.6) is 0 Å². The molecule has 0 bridgehead atoms. The molecule has 2 heterocycles. The molecule has 0 saturated carbocycles. The zero-order chi connectivity index (χ0) is 56.3. The van der Waals surface area contributed by atoms with Crippen LogP contribution in [0.3, 0.4) is 0 Å². The highest BCUT2D eigenvalue weighted by molar-refractivity contribution is 5.95. The summed E-state index contributed by atoms with van der Waals surface area (Å²) >= 11 is 0. The highest BCUT2D eigenvalue weighted by Crippen LogP contribution is 2.42. The number of hydrogen-bond acceptors (Lipinski definition) is 11. The fraction of sp³-hybridized carbons (Fsp3) is 0.567. The van der Waals surface area contributed by atoms with E-state index in [9.17, 15) is 38.4 Å². The van der Waals surface area contributed by atoms with Crippen LogP contribution in [0.25, 0.3) is 0 Å². The second-order valence-electron chi connectivity index (χ2n) is 23.4. The molecule has 0 unspecified atom stereocenters. The molecule has 2 saturated heterocycles. The van der Waals surface area contributed by atoms with Crippen LogP contribution in [0.1, 0.15) is 130 Å². The molecular weight excluding hydrogens is 981 g/mol. The Morgan fingerprint density at radius 2 is 1.09 bits per heavy atom. The highest BCUT2D eigenvalue weighted by atomic mass is 16.6. The Hall–Kier alpha value is -6.78. The van der Waals surface area contributed by atoms with Gasteiger partial charge in [0.1, 0.15) is 23.9 Å². The number of carbonyl (C=O) groups is 8. The molecule has 2 aliphatic rings. The fourth-order valence-electron chi connectivity index (χ4n) is 9.81. The molecule has 5 rings (SSSR count). The standard InChI is InChI=1S/C60H84N6O11/c1-41(2)33-48(63-52(69)47(34-43-21-13-10-14-22-43)37-51(68)49(35-44-23-15-11-16-24-44)64-57(74)77-59(7,8)9)50(67)36-46(27-19-20-30-61-55(72)76-58(4,5)6)54(71)66-39-60(40-66)28-31-65(32-29-60)53(70)42(3)62-56(73)75-38-45-25-17-12-18-26-45/h10-18,21-26,41-42,46-49H,19-20,27-40H2,1-9H3,(H,61,72)(H,62,73)(H,63,69)(H,64,74)/t42-,46+,47+,48-,49-/m1/s1. The number of ether oxygens (including phenoxy) is 3. The maximum absolute atomic E-state index is 14.7. The third kappa shape index (κ3) is 20.9. The monoisotopic (exact) mass is 1060 g/mol. The van der Waals surface area contributed by atoms with Crippen molar-refractivity contribution in [2.75, 3.05) is 32.7 Å². The van der Waals surface area contributed by atoms with Gasteiger partial charge in [-0.2, -0.15) is 0 Å². The van der Waals surface area contributed by atoms with E-state index in [4.69, 9.17) is 14.2 Å². The second-order valence-corrected chi connectivity index (χ2v) is 23.4. The largest absolute Gasteiger partial charge is 0.445 e. The Balaban J connectivity index is 1.27. The minimum atomic E-state index is -1.01. The lowest BCUT2D eigenvalue weighted by molar-refractivity contribution is -0.155. The summed E-state index contributed by atoms with van der Waals surface area (Å²) in [6.07, 6.45) is 1.01. The molecule has 77 heavy (non-hydrogen) atoms. The number of amides is 6. The first-order valence-electron chi connectivity index (χ1n) is 27.3. The number of rotatable bonds is 25. The van der Waals surface area contributed by atoms with Gasteiger partial charge in [-0.25, -0.2) is 14.4 Å². The van der Waals surface area contributed by atoms with Crippen molar-refractivity contribution >= 4 is 47.6 Å². The number of nitrogens with one attached hydrogen (secondary N) is 4. The molecule has 17 heteroatoms. The summed E-state index contributed by atoms with van der Waals surface area (Å²) in [5.74, 6) is -3.21. The number of piperidine rings is 1. The summed E-state index contributed by atoms with van der Waals surface area (Å²) in [5, 5.41) is 11.2. The molecule has 6 amide bonds. The molecule has 0 aliphatic carbocycles. The first-order chi connectivity index (χ1) is 36.4. The summed E-state index contributed by atoms with van der Waals surface area (Å²) in [5.41, 5.74) is 0.762. The van der Waals surface area contributed by atoms with Crippen LogP contribution in [0.2, 0.25) is 0 Å². The van der Waals surface area contributed by atoms with Gasteiger partial charge in [0.2, 0.25) is 17.7 Å². The summed E-state index contributed by atoms with van der Waals surface area (Å²) in [7, 11) is 0. The molecule has 2 fully saturated rings. The Bertz CT molecular complexity index is 2420. The number of benzene rings is 3. The molecule has 420 valence electrons. The number of likely N-dealkylation sites (tertiary alicyclic amines) is 2. The number of ketones is 2. The predicted molar refractivity (Wildman–Crippen MR) is 293 cm³/mol. The van der Waals surface area contributed by atoms with Gasteiger partial charge in [-0.15, -0.1) is 0 Å². The van der Waals surface area contributed by atoms with Crippen LogP contribution in [0, 0.1) is 23.2 Å². The van der Waals surface area contributed by atoms with E-state index in [-0.39, 0.29) is 67.0 Å². The van der Waals surface area contributed by atoms with E-state index in [2.05, 4.69) is 21.3 Å². The number of Topliss-reactive ketones (excluding diaryl/α,β-unsaturated/α-hetero) is 2. The minimum Gasteiger partial charge on any atom is -0.445 e. The highest BCUT2D eigenvalue weighted by Gasteiger charge is 2.49. The Morgan fingerprint density at radius 1 is 0.571 bits per heavy atom. The van der Waals surface area contributed by atoms with Crippen LogP contribution < -0.4 is 21.3 Å². The molecular formula is C60H84N6O11. The Morgan fingerprint density at radius 3 is 1.65 bits per heavy atom. The molecule has 3 aromatic rings. The normalized spacial score (nSPS) is 16.1. The molecule has 17 nitrogen and oxygen atoms in total. The van der Waals surface area contributed by atoms with E-state index < -0.39 is 65.4 Å². The third-order valence-electron chi connectivity index (χ3n) is 13.8. The Kier molecular flexibility index (Phi) is 22.6. The third-order valence-corrected chi connectivity index (χ3v) is 13.8. The van der Waals surface area contributed by atoms with Crippen molar-refractivity contribution in [3.05, 3.63) is 108 Å². The molecule has 0 radical (unpaired) electrons. The summed E-state index contributed by atoms with van der Waals surface area (Å²) in [6.45, 7) is 18.3. The number of nitrogens with zero attached hydrogens (tertiary/aromatic N) is 2. The summed E-state index contributed by atoms with van der Waals surface area (Å²) in [6, 6.07) is 25.1. The number of hydrogen-bond donors (Lipinski definition) is 4. The molecule has 5 atom stereocenters. The average Bonchev–Trinajstić information content (AvgIpc) is 3.36. The fourth-order valence-corrected chi connectivity index (χ4v) is 9.81. The zero-order valence-electron chi connectivity index (χ0n) is 46.8. The lowest BCUT2D eigenvalue weighted by Crippen LogP contribution is -2.64. The van der Waals surface area contributed by atoms with Gasteiger partial charge in [0.15, 0.2) is 11.6 Å². The van der Waals surface area contributed by atoms with E-state index in [1.54, 1.807) is 58.3 Å². The minimum absolute atomic E-state index is 0.0277. The quantitative estimate of drug-likeness (QED) is 0.0466. The van der Waals surface area contributed by atoms with E-state index in [0.29, 0.717) is 71.2 Å². The number of alkyl carbamates (subject to hydrolysis) is 3. The lowest BCUT2D eigenvalue weighted by Gasteiger charge is -2.54. The number of carbonyl (C=O) groups excluding carboxylic acids is 8. The van der Waals surface area contributed by atoms with Gasteiger partial charge in [-0.1, -0.05) is 111 Å². The Labute approximate surface area is 455 Å². The van der Waals surface area contributed by atoms with Crippen LogP contribution >= 0.6 is 0 Å². The van der Waals surface area contributed by atoms with Crippen molar-refractivity contribution in [2.24, 2.45) is 23.2 Å². The maximum atomic E-state index is 14.7. The first-order valence-corrected chi connectivity index (χ1v) is 27.3. The molecule has 0 aromatic heterocycles. The average molecular weight is 1070 g/mol. The van der Waals surface area contributed by atoms with Crippen molar-refractivity contribution in [2.45, 2.75) is 162 Å². The summed E-state index contributed by atoms with van der Waals surface area (Å²) in [4.78, 5) is 113. The molecule has 3 aromatic carbocycles. The van der Waals surface area contributed by atoms with Crippen molar-refractivity contribution in [3.8, 4) is 0 Å². The van der Waals surface area contributed by atoms with Crippen LogP contribution in [-0.2, 0) is 57.6 Å². The second kappa shape index (κ2) is 28.6. The van der Waals surface area contributed by atoms with Gasteiger partial charge in [0.05, 0.1) is 12.1 Å². The van der Waals surface area contributed by atoms with Gasteiger partial charge >= 0.3 is 18.3 Å². The summed E-state index contributed by atoms with van der Waals surface area (Å²) < 4.78 is 16.2. The molecule has 2 aliphatic heterocycles.